The summed E-state index contributed by atoms with van der Waals surface area (Å²) >= 11 is 0. The highest BCUT2D eigenvalue weighted by Crippen LogP contribution is 2.34. The standard InChI is InChI=1S/C19H22N6O2S/c1-13-9-22-19-16(4-7-21-19)18(13)15-10-23-25(12-15)17(3-6-20)14-5-8-24(11-14)28(2,26)27/h4,7,9-10,12,14,17H,3,5,8,11H2,1-2H3,(H,21,22). The van der Waals surface area contributed by atoms with Crippen LogP contribution in [0.15, 0.2) is 30.9 Å². The average molecular weight is 398 g/mol. The van der Waals surface area contributed by atoms with Crippen LogP contribution in [-0.4, -0.2) is 51.8 Å². The largest absolute Gasteiger partial charge is 0.346 e. The lowest BCUT2D eigenvalue weighted by Crippen LogP contribution is -2.29. The Balaban J connectivity index is 1.68. The van der Waals surface area contributed by atoms with Gasteiger partial charge >= 0.3 is 0 Å². The molecule has 1 N–H and O–H groups in total. The van der Waals surface area contributed by atoms with Gasteiger partial charge in [0.2, 0.25) is 10.0 Å². The Morgan fingerprint density at radius 1 is 1.43 bits per heavy atom. The van der Waals surface area contributed by atoms with Crippen molar-refractivity contribution in [1.82, 2.24) is 24.1 Å². The Labute approximate surface area is 163 Å². The Bertz CT molecular complexity index is 1160. The number of H-pyrrole nitrogens is 1. The Morgan fingerprint density at radius 3 is 2.96 bits per heavy atom. The number of aryl methyl sites for hydroxylation is 1. The molecule has 1 aliphatic heterocycles. The highest BCUT2D eigenvalue weighted by molar-refractivity contribution is 7.88. The molecule has 3 aromatic rings. The maximum Gasteiger partial charge on any atom is 0.211 e. The topological polar surface area (TPSA) is 108 Å². The van der Waals surface area contributed by atoms with Gasteiger partial charge in [-0.1, -0.05) is 0 Å². The molecule has 28 heavy (non-hydrogen) atoms. The number of fused-ring (bicyclic) bond motifs is 1. The van der Waals surface area contributed by atoms with E-state index in [-0.39, 0.29) is 18.4 Å². The molecule has 1 saturated heterocycles. The minimum absolute atomic E-state index is 0.0629. The number of pyridine rings is 1. The van der Waals surface area contributed by atoms with E-state index in [2.05, 4.69) is 21.1 Å². The van der Waals surface area contributed by atoms with Crippen LogP contribution >= 0.6 is 0 Å². The quantitative estimate of drug-likeness (QED) is 0.710. The molecule has 9 heteroatoms. The van der Waals surface area contributed by atoms with Crippen LogP contribution in [0.2, 0.25) is 0 Å². The van der Waals surface area contributed by atoms with Crippen molar-refractivity contribution < 1.29 is 8.42 Å². The van der Waals surface area contributed by atoms with Crippen molar-refractivity contribution in [3.8, 4) is 17.2 Å². The molecule has 2 unspecified atom stereocenters. The van der Waals surface area contributed by atoms with Crippen molar-refractivity contribution in [2.75, 3.05) is 19.3 Å². The molecule has 0 aromatic carbocycles. The van der Waals surface area contributed by atoms with E-state index in [0.717, 1.165) is 34.1 Å². The van der Waals surface area contributed by atoms with Crippen LogP contribution in [0, 0.1) is 24.2 Å². The second-order valence-electron chi connectivity index (χ2n) is 7.36. The fourth-order valence-electron chi connectivity index (χ4n) is 4.08. The maximum absolute atomic E-state index is 11.9. The summed E-state index contributed by atoms with van der Waals surface area (Å²) in [5.41, 5.74) is 3.90. The molecular weight excluding hydrogens is 376 g/mol. The van der Waals surface area contributed by atoms with Crippen molar-refractivity contribution in [3.63, 3.8) is 0 Å². The number of nitrogens with zero attached hydrogens (tertiary/aromatic N) is 5. The third kappa shape index (κ3) is 3.30. The first kappa shape index (κ1) is 18.7. The maximum atomic E-state index is 11.9. The molecule has 1 fully saturated rings. The normalized spacial score (nSPS) is 19.1. The number of sulfonamides is 1. The van der Waals surface area contributed by atoms with Crippen LogP contribution in [0.4, 0.5) is 0 Å². The molecule has 2 atom stereocenters. The van der Waals surface area contributed by atoms with Gasteiger partial charge in [0.1, 0.15) is 5.65 Å². The summed E-state index contributed by atoms with van der Waals surface area (Å²) in [5, 5.41) is 14.9. The lowest BCUT2D eigenvalue weighted by molar-refractivity contribution is 0.317. The van der Waals surface area contributed by atoms with Gasteiger partial charge < -0.3 is 4.98 Å². The fourth-order valence-corrected chi connectivity index (χ4v) is 4.98. The first-order chi connectivity index (χ1) is 13.4. The van der Waals surface area contributed by atoms with Gasteiger partial charge in [0.05, 0.1) is 31.0 Å². The summed E-state index contributed by atoms with van der Waals surface area (Å²) in [7, 11) is -3.22. The van der Waals surface area contributed by atoms with Gasteiger partial charge in [-0.05, 0) is 30.9 Å². The Kier molecular flexibility index (Phi) is 4.69. The van der Waals surface area contributed by atoms with E-state index in [1.165, 1.54) is 10.6 Å². The second-order valence-corrected chi connectivity index (χ2v) is 9.35. The van der Waals surface area contributed by atoms with E-state index in [0.29, 0.717) is 13.1 Å². The average Bonchev–Trinajstić information content (AvgIpc) is 3.38. The lowest BCUT2D eigenvalue weighted by atomic mass is 9.96. The van der Waals surface area contributed by atoms with E-state index in [4.69, 9.17) is 0 Å². The number of aromatic nitrogens is 4. The molecule has 8 nitrogen and oxygen atoms in total. The molecule has 0 spiro atoms. The molecule has 0 radical (unpaired) electrons. The van der Waals surface area contributed by atoms with Crippen LogP contribution in [0.25, 0.3) is 22.2 Å². The predicted molar refractivity (Wildman–Crippen MR) is 106 cm³/mol. The van der Waals surface area contributed by atoms with Crippen molar-refractivity contribution in [1.29, 1.82) is 5.26 Å². The van der Waals surface area contributed by atoms with Crippen LogP contribution in [0.5, 0.6) is 0 Å². The Hall–Kier alpha value is -2.70. The smallest absolute Gasteiger partial charge is 0.211 e. The fraction of sp³-hybridized carbons (Fsp3) is 0.421. The van der Waals surface area contributed by atoms with Crippen LogP contribution in [-0.2, 0) is 10.0 Å². The number of nitrogens with one attached hydrogen (secondary N) is 1. The number of rotatable bonds is 5. The molecule has 4 rings (SSSR count). The summed E-state index contributed by atoms with van der Waals surface area (Å²) < 4.78 is 27.0. The summed E-state index contributed by atoms with van der Waals surface area (Å²) in [4.78, 5) is 7.53. The van der Waals surface area contributed by atoms with Gasteiger partial charge in [-0.25, -0.2) is 17.7 Å². The minimum atomic E-state index is -3.22. The van der Waals surface area contributed by atoms with Gasteiger partial charge in [0.15, 0.2) is 0 Å². The minimum Gasteiger partial charge on any atom is -0.346 e. The first-order valence-electron chi connectivity index (χ1n) is 9.17. The molecule has 1 aliphatic rings. The number of hydrogen-bond acceptors (Lipinski definition) is 5. The van der Waals surface area contributed by atoms with Crippen molar-refractivity contribution in [2.45, 2.75) is 25.8 Å². The molecular formula is C19H22N6O2S. The third-order valence-corrected chi connectivity index (χ3v) is 6.78. The van der Waals surface area contributed by atoms with E-state index < -0.39 is 10.0 Å². The van der Waals surface area contributed by atoms with E-state index in [1.807, 2.05) is 42.5 Å². The van der Waals surface area contributed by atoms with Gasteiger partial charge in [0.25, 0.3) is 0 Å². The molecule has 0 aliphatic carbocycles. The second kappa shape index (κ2) is 7.04. The van der Waals surface area contributed by atoms with Crippen LogP contribution in [0.1, 0.15) is 24.4 Å². The van der Waals surface area contributed by atoms with Crippen molar-refractivity contribution in [3.05, 3.63) is 36.4 Å². The molecule has 0 amide bonds. The van der Waals surface area contributed by atoms with Gasteiger partial charge in [0, 0.05) is 48.2 Å². The third-order valence-electron chi connectivity index (χ3n) is 5.51. The van der Waals surface area contributed by atoms with Gasteiger partial charge in [-0.2, -0.15) is 10.4 Å². The number of hydrogen-bond donors (Lipinski definition) is 1. The zero-order valence-corrected chi connectivity index (χ0v) is 16.6. The van der Waals surface area contributed by atoms with Crippen LogP contribution < -0.4 is 0 Å². The van der Waals surface area contributed by atoms with Crippen LogP contribution in [0.3, 0.4) is 0 Å². The van der Waals surface area contributed by atoms with Crippen molar-refractivity contribution >= 4 is 21.1 Å². The van der Waals surface area contributed by atoms with Gasteiger partial charge in [-0.3, -0.25) is 4.68 Å². The summed E-state index contributed by atoms with van der Waals surface area (Å²) in [6.07, 6.45) is 9.71. The van der Waals surface area contributed by atoms with Gasteiger partial charge in [-0.15, -0.1) is 0 Å². The molecule has 3 aromatic heterocycles. The SMILES string of the molecule is Cc1cnc2[nH]ccc2c1-c1cnn(C(CC#N)C2CCN(S(C)(=O)=O)C2)c1. The van der Waals surface area contributed by atoms with E-state index in [1.54, 1.807) is 0 Å². The zero-order valence-electron chi connectivity index (χ0n) is 15.8. The Morgan fingerprint density at radius 2 is 2.25 bits per heavy atom. The monoisotopic (exact) mass is 398 g/mol. The molecule has 146 valence electrons. The lowest BCUT2D eigenvalue weighted by Gasteiger charge is -2.22. The summed E-state index contributed by atoms with van der Waals surface area (Å²) in [5.74, 6) is 0.0629. The molecule has 4 heterocycles. The number of aromatic amines is 1. The molecule has 0 saturated carbocycles. The highest BCUT2D eigenvalue weighted by Gasteiger charge is 2.34. The first-order valence-corrected chi connectivity index (χ1v) is 11.0. The zero-order chi connectivity index (χ0) is 19.9. The summed E-state index contributed by atoms with van der Waals surface area (Å²) in [6.45, 7) is 2.93. The van der Waals surface area contributed by atoms with E-state index in [9.17, 15) is 13.7 Å². The van der Waals surface area contributed by atoms with Crippen molar-refractivity contribution in [2.24, 2.45) is 5.92 Å². The predicted octanol–water partition coefficient (Wildman–Crippen LogP) is 2.47. The molecule has 0 bridgehead atoms. The van der Waals surface area contributed by atoms with E-state index >= 15 is 0 Å². The summed E-state index contributed by atoms with van der Waals surface area (Å²) in [6, 6.07) is 4.08. The highest BCUT2D eigenvalue weighted by atomic mass is 32.2. The number of nitriles is 1.